The van der Waals surface area contributed by atoms with E-state index in [2.05, 4.69) is 17.1 Å². The van der Waals surface area contributed by atoms with Crippen molar-refractivity contribution in [1.29, 1.82) is 0 Å². The molecule has 32 heavy (non-hydrogen) atoms. The number of rotatable bonds is 6. The van der Waals surface area contributed by atoms with Gasteiger partial charge in [-0.2, -0.15) is 19.3 Å². The summed E-state index contributed by atoms with van der Waals surface area (Å²) in [5.41, 5.74) is 3.63. The van der Waals surface area contributed by atoms with Crippen molar-refractivity contribution in [2.45, 2.75) is 31.7 Å². The highest BCUT2D eigenvalue weighted by Crippen LogP contribution is 2.29. The van der Waals surface area contributed by atoms with Crippen molar-refractivity contribution in [3.8, 4) is 11.4 Å². The maximum atomic E-state index is 13.3. The minimum absolute atomic E-state index is 0.105. The Kier molecular flexibility index (Phi) is 5.45. The van der Waals surface area contributed by atoms with Gasteiger partial charge in [-0.15, -0.1) is 11.8 Å². The molecular weight excluding hydrogens is 424 g/mol. The molecule has 3 heterocycles. The molecule has 8 heteroatoms. The van der Waals surface area contributed by atoms with Crippen LogP contribution in [0.3, 0.4) is 0 Å². The van der Waals surface area contributed by atoms with Crippen LogP contribution in [-0.2, 0) is 24.3 Å². The first-order chi connectivity index (χ1) is 15.6. The lowest BCUT2D eigenvalue weighted by molar-refractivity contribution is -0.458. The number of amides is 3. The van der Waals surface area contributed by atoms with Gasteiger partial charge in [0.25, 0.3) is 5.89 Å². The average Bonchev–Trinajstić information content (AvgIpc) is 3.50. The summed E-state index contributed by atoms with van der Waals surface area (Å²) in [6, 6.07) is 17.1. The van der Waals surface area contributed by atoms with E-state index in [1.165, 1.54) is 22.2 Å². The second-order valence-electron chi connectivity index (χ2n) is 7.58. The van der Waals surface area contributed by atoms with Gasteiger partial charge in [-0.3, -0.25) is 0 Å². The molecule has 3 amide bonds. The third-order valence-electron chi connectivity index (χ3n) is 5.55. The Morgan fingerprint density at radius 3 is 2.59 bits per heavy atom. The Morgan fingerprint density at radius 2 is 1.84 bits per heavy atom. The summed E-state index contributed by atoms with van der Waals surface area (Å²) in [4.78, 5) is 32.1. The highest BCUT2D eigenvalue weighted by atomic mass is 32.2. The molecule has 1 unspecified atom stereocenters. The molecule has 0 spiro atoms. The predicted molar refractivity (Wildman–Crippen MR) is 121 cm³/mol. The highest BCUT2D eigenvalue weighted by molar-refractivity contribution is 8.04. The molecule has 0 radical (unpaired) electrons. The largest absolute Gasteiger partial charge is 0.501 e. The summed E-state index contributed by atoms with van der Waals surface area (Å²) in [7, 11) is 0. The lowest BCUT2D eigenvalue weighted by Crippen LogP contribution is -2.54. The number of aromatic nitrogens is 2. The molecule has 0 saturated carbocycles. The smallest absolute Gasteiger partial charge is 0.335 e. The number of aryl methyl sites for hydroxylation is 1. The predicted octanol–water partition coefficient (Wildman–Crippen LogP) is 4.04. The Hall–Kier alpha value is -3.52. The van der Waals surface area contributed by atoms with Gasteiger partial charge in [-0.25, -0.2) is 4.79 Å². The number of thioether (sulfide) groups is 1. The van der Waals surface area contributed by atoms with E-state index in [4.69, 9.17) is 4.52 Å². The van der Waals surface area contributed by atoms with Gasteiger partial charge in [0, 0.05) is 5.56 Å². The zero-order chi connectivity index (χ0) is 22.1. The zero-order valence-electron chi connectivity index (χ0n) is 17.5. The molecule has 7 nitrogen and oxygen atoms in total. The summed E-state index contributed by atoms with van der Waals surface area (Å²) in [5, 5.41) is 5.48. The molecule has 3 aromatic rings. The molecule has 0 fully saturated rings. The average molecular weight is 446 g/mol. The monoisotopic (exact) mass is 445 g/mol. The van der Waals surface area contributed by atoms with Crippen LogP contribution >= 0.6 is 11.8 Å². The van der Waals surface area contributed by atoms with Crippen LogP contribution in [0.4, 0.5) is 4.79 Å². The summed E-state index contributed by atoms with van der Waals surface area (Å²) in [6.45, 7) is 2.43. The molecule has 160 valence electrons. The second-order valence-corrected chi connectivity index (χ2v) is 8.60. The van der Waals surface area contributed by atoms with Gasteiger partial charge >= 0.3 is 11.9 Å². The quantitative estimate of drug-likeness (QED) is 0.533. The Labute approximate surface area is 189 Å². The van der Waals surface area contributed by atoms with Crippen molar-refractivity contribution in [3.63, 3.8) is 0 Å². The maximum Gasteiger partial charge on any atom is 0.501 e. The number of allylic oxidation sites excluding steroid dienone is 1. The van der Waals surface area contributed by atoms with Crippen LogP contribution in [0.5, 0.6) is 0 Å². The van der Waals surface area contributed by atoms with Gasteiger partial charge < -0.3 is 4.52 Å². The van der Waals surface area contributed by atoms with Gasteiger partial charge in [0.1, 0.15) is 12.3 Å². The van der Waals surface area contributed by atoms with E-state index in [9.17, 15) is 9.59 Å². The Bertz CT molecular complexity index is 1230. The van der Waals surface area contributed by atoms with Crippen LogP contribution in [0, 0.1) is 0 Å². The number of nitrogens with zero attached hydrogens (tertiary/aromatic N) is 4. The lowest BCUT2D eigenvalue weighted by Gasteiger charge is -2.23. The molecule has 2 aliphatic rings. The summed E-state index contributed by atoms with van der Waals surface area (Å²) < 4.78 is 7.01. The molecule has 2 aliphatic heterocycles. The van der Waals surface area contributed by atoms with E-state index in [0.29, 0.717) is 17.4 Å². The number of imide groups is 1. The van der Waals surface area contributed by atoms with Crippen LogP contribution in [0.15, 0.2) is 70.6 Å². The lowest BCUT2D eigenvalue weighted by atomic mass is 10.1. The van der Waals surface area contributed by atoms with Gasteiger partial charge in [0.15, 0.2) is 11.8 Å². The van der Waals surface area contributed by atoms with Crippen LogP contribution in [-0.4, -0.2) is 42.5 Å². The number of carbonyl (C=O) groups excluding carboxylic acids is 2. The molecule has 0 bridgehead atoms. The summed E-state index contributed by atoms with van der Waals surface area (Å²) in [6.07, 6.45) is 2.77. The molecular formula is C24H21N4O3S+. The van der Waals surface area contributed by atoms with E-state index in [0.717, 1.165) is 17.5 Å². The second kappa shape index (κ2) is 8.55. The van der Waals surface area contributed by atoms with Crippen molar-refractivity contribution in [2.75, 3.05) is 0 Å². The number of hydrogen-bond acceptors (Lipinski definition) is 6. The number of benzene rings is 2. The van der Waals surface area contributed by atoms with Crippen molar-refractivity contribution < 1.29 is 18.7 Å². The van der Waals surface area contributed by atoms with Gasteiger partial charge in [0.2, 0.25) is 5.82 Å². The van der Waals surface area contributed by atoms with Gasteiger partial charge in [0.05, 0.1) is 0 Å². The Morgan fingerprint density at radius 1 is 1.06 bits per heavy atom. The van der Waals surface area contributed by atoms with Crippen LogP contribution < -0.4 is 0 Å². The SMILES string of the molecule is CCc1ccc(-c2noc(C[N+]3=C4C=CSC4C(=O)N(Cc4ccccc4)C3=O)n2)cc1. The molecule has 2 aromatic carbocycles. The van der Waals surface area contributed by atoms with Crippen LogP contribution in [0.2, 0.25) is 0 Å². The molecule has 1 aromatic heterocycles. The van der Waals surface area contributed by atoms with Crippen molar-refractivity contribution in [2.24, 2.45) is 0 Å². The molecule has 0 aliphatic carbocycles. The summed E-state index contributed by atoms with van der Waals surface area (Å²) in [5.74, 6) is 0.586. The standard InChI is InChI=1S/C24H21N4O3S/c1-2-16-8-10-18(11-9-16)22-25-20(31-26-22)15-27-19-12-13-32-21(19)23(29)28(24(27)30)14-17-6-4-3-5-7-17/h3-13,21H,2,14-15H2,1H3/q+1. The van der Waals surface area contributed by atoms with E-state index in [-0.39, 0.29) is 25.0 Å². The zero-order valence-corrected chi connectivity index (χ0v) is 18.3. The minimum atomic E-state index is -0.444. The number of hydrogen-bond donors (Lipinski definition) is 0. The molecule has 0 N–H and O–H groups in total. The van der Waals surface area contributed by atoms with E-state index in [1.54, 1.807) is 4.58 Å². The number of carbonyl (C=O) groups is 2. The van der Waals surface area contributed by atoms with E-state index < -0.39 is 5.25 Å². The fraction of sp³-hybridized carbons (Fsp3) is 0.208. The first-order valence-electron chi connectivity index (χ1n) is 10.4. The number of urea groups is 1. The normalized spacial score (nSPS) is 17.9. The van der Waals surface area contributed by atoms with Crippen LogP contribution in [0.25, 0.3) is 11.4 Å². The van der Waals surface area contributed by atoms with E-state index >= 15 is 0 Å². The minimum Gasteiger partial charge on any atom is -0.335 e. The highest BCUT2D eigenvalue weighted by Gasteiger charge is 2.49. The fourth-order valence-electron chi connectivity index (χ4n) is 3.78. The van der Waals surface area contributed by atoms with Crippen molar-refractivity contribution in [1.82, 2.24) is 15.0 Å². The first-order valence-corrected chi connectivity index (χ1v) is 11.4. The van der Waals surface area contributed by atoms with Gasteiger partial charge in [-0.05, 0) is 29.0 Å². The molecule has 0 saturated heterocycles. The van der Waals surface area contributed by atoms with Crippen molar-refractivity contribution >= 4 is 29.4 Å². The van der Waals surface area contributed by atoms with E-state index in [1.807, 2.05) is 66.1 Å². The Balaban J connectivity index is 1.42. The summed E-state index contributed by atoms with van der Waals surface area (Å²) >= 11 is 1.40. The van der Waals surface area contributed by atoms with Gasteiger partial charge in [-0.1, -0.05) is 66.7 Å². The molecule has 1 atom stereocenters. The van der Waals surface area contributed by atoms with Crippen molar-refractivity contribution in [3.05, 3.63) is 83.1 Å². The van der Waals surface area contributed by atoms with Crippen LogP contribution in [0.1, 0.15) is 23.9 Å². The fourth-order valence-corrected chi connectivity index (χ4v) is 4.75. The topological polar surface area (TPSA) is 79.3 Å². The third kappa shape index (κ3) is 3.78. The molecule has 5 rings (SSSR count). The third-order valence-corrected chi connectivity index (χ3v) is 6.56. The number of fused-ring (bicyclic) bond motifs is 1. The first kappa shape index (κ1) is 20.4. The maximum absolute atomic E-state index is 13.3.